The SMILES string of the molecule is COc1cc(CN(C(=O)COc2ccc(Cl)cc2Br)C2CC2)ccc1OC(F)F. The standard InChI is InChI=1S/C20H19BrClF2NO4/c1-27-18-8-12(2-6-17(18)29-20(23)24)10-25(14-4-5-14)19(26)11-28-16-7-3-13(22)9-15(16)21/h2-3,6-9,14,20H,4-5,10-11H2,1H3. The monoisotopic (exact) mass is 489 g/mol. The minimum absolute atomic E-state index is 0.0496. The van der Waals surface area contributed by atoms with Crippen LogP contribution in [0.3, 0.4) is 0 Å². The van der Waals surface area contributed by atoms with Crippen molar-refractivity contribution in [2.45, 2.75) is 32.0 Å². The zero-order valence-corrected chi connectivity index (χ0v) is 17.9. The third-order valence-electron chi connectivity index (χ3n) is 4.35. The van der Waals surface area contributed by atoms with Crippen LogP contribution in [0.4, 0.5) is 8.78 Å². The molecule has 5 nitrogen and oxygen atoms in total. The van der Waals surface area contributed by atoms with Crippen molar-refractivity contribution in [1.29, 1.82) is 0 Å². The quantitative estimate of drug-likeness (QED) is 0.480. The Labute approximate surface area is 180 Å². The molecule has 0 bridgehead atoms. The van der Waals surface area contributed by atoms with Gasteiger partial charge in [0.05, 0.1) is 11.6 Å². The lowest BCUT2D eigenvalue weighted by atomic mass is 10.2. The van der Waals surface area contributed by atoms with Crippen LogP contribution >= 0.6 is 27.5 Å². The summed E-state index contributed by atoms with van der Waals surface area (Å²) < 4.78 is 40.8. The lowest BCUT2D eigenvalue weighted by Crippen LogP contribution is -2.36. The summed E-state index contributed by atoms with van der Waals surface area (Å²) >= 11 is 9.27. The Morgan fingerprint density at radius 2 is 1.93 bits per heavy atom. The summed E-state index contributed by atoms with van der Waals surface area (Å²) in [4.78, 5) is 14.5. The molecule has 2 aromatic rings. The fourth-order valence-electron chi connectivity index (χ4n) is 2.82. The molecule has 0 spiro atoms. The summed E-state index contributed by atoms with van der Waals surface area (Å²) in [6.45, 7) is -2.75. The van der Waals surface area contributed by atoms with E-state index in [-0.39, 0.29) is 30.1 Å². The Morgan fingerprint density at radius 1 is 1.21 bits per heavy atom. The van der Waals surface area contributed by atoms with Crippen molar-refractivity contribution in [3.8, 4) is 17.2 Å². The number of rotatable bonds is 9. The number of hydrogen-bond donors (Lipinski definition) is 0. The van der Waals surface area contributed by atoms with Gasteiger partial charge >= 0.3 is 6.61 Å². The fourth-order valence-corrected chi connectivity index (χ4v) is 3.62. The molecule has 0 aliphatic heterocycles. The first-order valence-corrected chi connectivity index (χ1v) is 10.0. The van der Waals surface area contributed by atoms with Gasteiger partial charge in [0, 0.05) is 17.6 Å². The molecule has 1 saturated carbocycles. The number of carbonyl (C=O) groups is 1. The average Bonchev–Trinajstić information content (AvgIpc) is 3.50. The van der Waals surface area contributed by atoms with Crippen LogP contribution in [0.1, 0.15) is 18.4 Å². The van der Waals surface area contributed by atoms with Gasteiger partial charge in [-0.1, -0.05) is 17.7 Å². The van der Waals surface area contributed by atoms with Crippen molar-refractivity contribution in [2.75, 3.05) is 13.7 Å². The van der Waals surface area contributed by atoms with Gasteiger partial charge in [-0.25, -0.2) is 0 Å². The second kappa shape index (κ2) is 9.63. The van der Waals surface area contributed by atoms with Crippen molar-refractivity contribution >= 4 is 33.4 Å². The van der Waals surface area contributed by atoms with Gasteiger partial charge in [-0.15, -0.1) is 0 Å². The van der Waals surface area contributed by atoms with Gasteiger partial charge in [0.15, 0.2) is 18.1 Å². The van der Waals surface area contributed by atoms with Gasteiger partial charge < -0.3 is 19.1 Å². The molecule has 9 heteroatoms. The van der Waals surface area contributed by atoms with Gasteiger partial charge in [0.1, 0.15) is 5.75 Å². The van der Waals surface area contributed by atoms with Crippen LogP contribution in [-0.4, -0.2) is 37.2 Å². The molecule has 1 aliphatic carbocycles. The molecule has 0 atom stereocenters. The predicted octanol–water partition coefficient (Wildman–Crippen LogP) is 5.28. The fraction of sp³-hybridized carbons (Fsp3) is 0.350. The van der Waals surface area contributed by atoms with Crippen molar-refractivity contribution < 1.29 is 27.8 Å². The van der Waals surface area contributed by atoms with E-state index in [9.17, 15) is 13.6 Å². The summed E-state index contributed by atoms with van der Waals surface area (Å²) in [5, 5.41) is 0.559. The van der Waals surface area contributed by atoms with E-state index < -0.39 is 6.61 Å². The number of carbonyl (C=O) groups excluding carboxylic acids is 1. The number of amides is 1. The van der Waals surface area contributed by atoms with Gasteiger partial charge in [-0.2, -0.15) is 8.78 Å². The van der Waals surface area contributed by atoms with E-state index >= 15 is 0 Å². The minimum atomic E-state index is -2.94. The molecule has 0 saturated heterocycles. The first kappa shape index (κ1) is 21.6. The van der Waals surface area contributed by atoms with E-state index in [1.54, 1.807) is 35.2 Å². The smallest absolute Gasteiger partial charge is 0.387 e. The van der Waals surface area contributed by atoms with Crippen LogP contribution in [0.25, 0.3) is 0 Å². The maximum absolute atomic E-state index is 12.8. The van der Waals surface area contributed by atoms with Crippen LogP contribution in [-0.2, 0) is 11.3 Å². The van der Waals surface area contributed by atoms with Crippen molar-refractivity contribution in [3.05, 3.63) is 51.5 Å². The van der Waals surface area contributed by atoms with Crippen molar-refractivity contribution in [1.82, 2.24) is 4.90 Å². The Morgan fingerprint density at radius 3 is 2.55 bits per heavy atom. The number of methoxy groups -OCH3 is 1. The highest BCUT2D eigenvalue weighted by Crippen LogP contribution is 2.33. The molecule has 0 radical (unpaired) electrons. The third kappa shape index (κ3) is 5.96. The van der Waals surface area contributed by atoms with Gasteiger partial charge in [-0.05, 0) is 64.7 Å². The Kier molecular flexibility index (Phi) is 7.18. The van der Waals surface area contributed by atoms with Crippen LogP contribution in [0, 0.1) is 0 Å². The number of nitrogens with zero attached hydrogens (tertiary/aromatic N) is 1. The number of benzene rings is 2. The summed E-state index contributed by atoms with van der Waals surface area (Å²) in [7, 11) is 1.37. The van der Waals surface area contributed by atoms with Crippen molar-refractivity contribution in [2.24, 2.45) is 0 Å². The zero-order chi connectivity index (χ0) is 21.0. The molecule has 3 rings (SSSR count). The first-order chi connectivity index (χ1) is 13.9. The normalized spacial score (nSPS) is 13.3. The molecule has 1 aliphatic rings. The lowest BCUT2D eigenvalue weighted by molar-refractivity contribution is -0.134. The molecule has 0 unspecified atom stereocenters. The van der Waals surface area contributed by atoms with Crippen LogP contribution < -0.4 is 14.2 Å². The summed E-state index contributed by atoms with van der Waals surface area (Å²) in [5.41, 5.74) is 0.747. The molecule has 29 heavy (non-hydrogen) atoms. The van der Waals surface area contributed by atoms with Gasteiger partial charge in [0.25, 0.3) is 5.91 Å². The highest BCUT2D eigenvalue weighted by molar-refractivity contribution is 9.10. The van der Waals surface area contributed by atoms with E-state index in [4.69, 9.17) is 21.1 Å². The summed E-state index contributed by atoms with van der Waals surface area (Å²) in [5.74, 6) is 0.494. The molecular formula is C20H19BrClF2NO4. The first-order valence-electron chi connectivity index (χ1n) is 8.86. The minimum Gasteiger partial charge on any atom is -0.493 e. The van der Waals surface area contributed by atoms with Crippen molar-refractivity contribution in [3.63, 3.8) is 0 Å². The highest BCUT2D eigenvalue weighted by atomic mass is 79.9. The molecule has 1 fully saturated rings. The Bertz CT molecular complexity index is 880. The second-order valence-electron chi connectivity index (χ2n) is 6.48. The van der Waals surface area contributed by atoms with Gasteiger partial charge in [-0.3, -0.25) is 4.79 Å². The molecule has 1 amide bonds. The molecule has 2 aromatic carbocycles. The van der Waals surface area contributed by atoms with E-state index in [1.165, 1.54) is 13.2 Å². The number of alkyl halides is 2. The maximum atomic E-state index is 12.8. The number of hydrogen-bond acceptors (Lipinski definition) is 4. The van der Waals surface area contributed by atoms with E-state index in [0.29, 0.717) is 21.8 Å². The van der Waals surface area contributed by atoms with E-state index in [2.05, 4.69) is 20.7 Å². The summed E-state index contributed by atoms with van der Waals surface area (Å²) in [6.07, 6.45) is 1.83. The molecule has 0 heterocycles. The zero-order valence-electron chi connectivity index (χ0n) is 15.5. The molecular weight excluding hydrogens is 472 g/mol. The third-order valence-corrected chi connectivity index (χ3v) is 5.20. The van der Waals surface area contributed by atoms with Crippen LogP contribution in [0.5, 0.6) is 17.2 Å². The van der Waals surface area contributed by atoms with E-state index in [1.807, 2.05) is 0 Å². The maximum Gasteiger partial charge on any atom is 0.387 e. The molecule has 0 aromatic heterocycles. The largest absolute Gasteiger partial charge is 0.493 e. The lowest BCUT2D eigenvalue weighted by Gasteiger charge is -2.23. The Hall–Kier alpha value is -2.06. The van der Waals surface area contributed by atoms with Gasteiger partial charge in [0.2, 0.25) is 0 Å². The highest BCUT2D eigenvalue weighted by Gasteiger charge is 2.33. The van der Waals surface area contributed by atoms with E-state index in [0.717, 1.165) is 18.4 Å². The topological polar surface area (TPSA) is 48.0 Å². The molecule has 156 valence electrons. The summed E-state index contributed by atoms with van der Waals surface area (Å²) in [6, 6.07) is 9.85. The predicted molar refractivity (Wildman–Crippen MR) is 108 cm³/mol. The Balaban J connectivity index is 1.67. The van der Waals surface area contributed by atoms with Crippen LogP contribution in [0.15, 0.2) is 40.9 Å². The van der Waals surface area contributed by atoms with Crippen LogP contribution in [0.2, 0.25) is 5.02 Å². The average molecular weight is 491 g/mol. The second-order valence-corrected chi connectivity index (χ2v) is 7.77. The number of halogens is 4. The molecule has 0 N–H and O–H groups in total. The number of ether oxygens (including phenoxy) is 3.